The monoisotopic (exact) mass is 352 g/mol. The van der Waals surface area contributed by atoms with E-state index in [-0.39, 0.29) is 23.5 Å². The highest BCUT2D eigenvalue weighted by Crippen LogP contribution is 2.44. The number of anilines is 1. The summed E-state index contributed by atoms with van der Waals surface area (Å²) < 4.78 is 29.6. The second-order valence-corrected chi connectivity index (χ2v) is 6.50. The molecule has 2 aromatic rings. The van der Waals surface area contributed by atoms with Crippen molar-refractivity contribution in [2.45, 2.75) is 52.9 Å². The van der Waals surface area contributed by atoms with Crippen LogP contribution in [-0.4, -0.2) is 4.98 Å². The summed E-state index contributed by atoms with van der Waals surface area (Å²) in [4.78, 5) is 4.26. The Hall–Kier alpha value is -1.68. The van der Waals surface area contributed by atoms with Crippen LogP contribution in [-0.2, 0) is 12.3 Å². The van der Waals surface area contributed by atoms with Gasteiger partial charge in [0.25, 0.3) is 5.92 Å². The maximum Gasteiger partial charge on any atom is 0.275 e. The van der Waals surface area contributed by atoms with E-state index < -0.39 is 5.92 Å². The molecule has 0 unspecified atom stereocenters. The number of alkyl halides is 2. The topological polar surface area (TPSA) is 38.9 Å². The number of nitrogen functional groups attached to an aromatic ring is 1. The van der Waals surface area contributed by atoms with Crippen LogP contribution in [0.5, 0.6) is 0 Å². The number of hydrogen-bond donors (Lipinski definition) is 1. The van der Waals surface area contributed by atoms with Crippen molar-refractivity contribution in [2.24, 2.45) is 0 Å². The van der Waals surface area contributed by atoms with Gasteiger partial charge in [-0.3, -0.25) is 0 Å². The third-order valence-corrected chi connectivity index (χ3v) is 4.65. The summed E-state index contributed by atoms with van der Waals surface area (Å²) >= 11 is 6.53. The fraction of sp³-hybridized carbons (Fsp3) is 0.421. The minimum atomic E-state index is -2.98. The lowest BCUT2D eigenvalue weighted by molar-refractivity contribution is -0.0142. The highest BCUT2D eigenvalue weighted by atomic mass is 35.5. The number of benzene rings is 1. The Kier molecular flexibility index (Phi) is 5.49. The molecule has 2 N–H and O–H groups in total. The lowest BCUT2D eigenvalue weighted by Gasteiger charge is -2.23. The molecule has 2 rings (SSSR count). The minimum Gasteiger partial charge on any atom is -0.384 e. The third kappa shape index (κ3) is 3.39. The van der Waals surface area contributed by atoms with Gasteiger partial charge >= 0.3 is 0 Å². The van der Waals surface area contributed by atoms with Gasteiger partial charge in [0.2, 0.25) is 0 Å². The molecule has 1 aromatic carbocycles. The van der Waals surface area contributed by atoms with Crippen molar-refractivity contribution in [3.05, 3.63) is 45.5 Å². The largest absolute Gasteiger partial charge is 0.384 e. The van der Waals surface area contributed by atoms with E-state index in [1.807, 2.05) is 26.0 Å². The zero-order valence-corrected chi connectivity index (χ0v) is 15.3. The molecule has 0 amide bonds. The average Bonchev–Trinajstić information content (AvgIpc) is 2.46. The van der Waals surface area contributed by atoms with E-state index in [0.717, 1.165) is 11.1 Å². The van der Waals surface area contributed by atoms with E-state index >= 15 is 0 Å². The summed E-state index contributed by atoms with van der Waals surface area (Å²) in [7, 11) is 0. The number of nitrogens with two attached hydrogens (primary N) is 1. The smallest absolute Gasteiger partial charge is 0.275 e. The van der Waals surface area contributed by atoms with Gasteiger partial charge in [0.05, 0.1) is 16.3 Å². The van der Waals surface area contributed by atoms with Crippen LogP contribution in [0.25, 0.3) is 11.3 Å². The van der Waals surface area contributed by atoms with Crippen LogP contribution in [0.15, 0.2) is 18.2 Å². The zero-order chi connectivity index (χ0) is 18.1. The van der Waals surface area contributed by atoms with Crippen molar-refractivity contribution in [1.82, 2.24) is 4.98 Å². The van der Waals surface area contributed by atoms with Crippen molar-refractivity contribution in [3.63, 3.8) is 0 Å². The fourth-order valence-electron chi connectivity index (χ4n) is 3.06. The molecule has 24 heavy (non-hydrogen) atoms. The highest BCUT2D eigenvalue weighted by molar-refractivity contribution is 6.34. The molecule has 130 valence electrons. The molecular formula is C19H23ClF2N2. The number of rotatable bonds is 5. The molecule has 0 aliphatic heterocycles. The van der Waals surface area contributed by atoms with E-state index in [2.05, 4.69) is 4.98 Å². The van der Waals surface area contributed by atoms with Crippen LogP contribution in [0.4, 0.5) is 14.6 Å². The molecule has 0 saturated heterocycles. The molecule has 2 nitrogen and oxygen atoms in total. The second kappa shape index (κ2) is 7.06. The van der Waals surface area contributed by atoms with Crippen LogP contribution in [0.3, 0.4) is 0 Å². The molecule has 0 fully saturated rings. The normalized spacial score (nSPS) is 11.8. The number of nitrogens with zero attached hydrogens (tertiary/aromatic N) is 1. The van der Waals surface area contributed by atoms with Crippen LogP contribution in [0.2, 0.25) is 5.02 Å². The maximum atomic E-state index is 14.8. The fourth-order valence-corrected chi connectivity index (χ4v) is 3.49. The van der Waals surface area contributed by atoms with Gasteiger partial charge in [0.15, 0.2) is 0 Å². The van der Waals surface area contributed by atoms with Crippen LogP contribution in [0, 0.1) is 13.8 Å². The Balaban J connectivity index is 2.85. The average molecular weight is 353 g/mol. The van der Waals surface area contributed by atoms with Gasteiger partial charge in [-0.1, -0.05) is 44.0 Å². The first-order chi connectivity index (χ1) is 11.2. The molecule has 0 aliphatic carbocycles. The van der Waals surface area contributed by atoms with E-state index in [1.165, 1.54) is 6.07 Å². The van der Waals surface area contributed by atoms with Crippen molar-refractivity contribution in [1.29, 1.82) is 0 Å². The molecule has 0 aliphatic rings. The molecule has 0 spiro atoms. The van der Waals surface area contributed by atoms with E-state index in [4.69, 9.17) is 17.3 Å². The number of aromatic nitrogens is 1. The second-order valence-electron chi connectivity index (χ2n) is 6.13. The predicted octanol–water partition coefficient (Wildman–Crippen LogP) is 6.06. The summed E-state index contributed by atoms with van der Waals surface area (Å²) in [5.41, 5.74) is 8.69. The van der Waals surface area contributed by atoms with Gasteiger partial charge in [0.1, 0.15) is 5.82 Å². The van der Waals surface area contributed by atoms with Gasteiger partial charge in [-0.25, -0.2) is 13.8 Å². The van der Waals surface area contributed by atoms with Gasteiger partial charge < -0.3 is 5.73 Å². The summed E-state index contributed by atoms with van der Waals surface area (Å²) in [5, 5.41) is 0.476. The Labute approximate surface area is 147 Å². The lowest BCUT2D eigenvalue weighted by atomic mass is 9.91. The Morgan fingerprint density at radius 1 is 1.17 bits per heavy atom. The summed E-state index contributed by atoms with van der Waals surface area (Å²) in [6.45, 7) is 7.21. The number of hydrogen-bond acceptors (Lipinski definition) is 2. The molecule has 0 atom stereocenters. The Bertz CT molecular complexity index is 758. The number of pyridine rings is 1. The summed E-state index contributed by atoms with van der Waals surface area (Å²) in [6.07, 6.45) is 0.850. The zero-order valence-electron chi connectivity index (χ0n) is 14.5. The van der Waals surface area contributed by atoms with E-state index in [0.29, 0.717) is 29.0 Å². The molecule has 1 heterocycles. The SMILES string of the molecule is CCCC(F)(F)c1c(C)cc(N)nc1-c1c(C)ccc(CC)c1Cl. The minimum absolute atomic E-state index is 0.0724. The van der Waals surface area contributed by atoms with Crippen molar-refractivity contribution in [3.8, 4) is 11.3 Å². The first-order valence-electron chi connectivity index (χ1n) is 8.16. The van der Waals surface area contributed by atoms with Crippen molar-refractivity contribution >= 4 is 17.4 Å². The van der Waals surface area contributed by atoms with Gasteiger partial charge in [-0.05, 0) is 43.0 Å². The van der Waals surface area contributed by atoms with Crippen molar-refractivity contribution in [2.75, 3.05) is 5.73 Å². The molecule has 0 radical (unpaired) electrons. The van der Waals surface area contributed by atoms with E-state index in [1.54, 1.807) is 13.8 Å². The quantitative estimate of drug-likeness (QED) is 0.710. The maximum absolute atomic E-state index is 14.8. The van der Waals surface area contributed by atoms with Crippen LogP contribution in [0.1, 0.15) is 48.9 Å². The number of aryl methyl sites for hydroxylation is 3. The molecule has 1 aromatic heterocycles. The van der Waals surface area contributed by atoms with Gasteiger partial charge in [-0.2, -0.15) is 0 Å². The Morgan fingerprint density at radius 2 is 1.83 bits per heavy atom. The molecule has 0 bridgehead atoms. The van der Waals surface area contributed by atoms with Gasteiger partial charge in [-0.15, -0.1) is 0 Å². The van der Waals surface area contributed by atoms with Crippen LogP contribution < -0.4 is 5.73 Å². The van der Waals surface area contributed by atoms with Gasteiger partial charge in [0, 0.05) is 12.0 Å². The first kappa shape index (κ1) is 18.7. The first-order valence-corrected chi connectivity index (χ1v) is 8.54. The van der Waals surface area contributed by atoms with Crippen LogP contribution >= 0.6 is 11.6 Å². The highest BCUT2D eigenvalue weighted by Gasteiger charge is 2.36. The molecule has 5 heteroatoms. The molecule has 0 saturated carbocycles. The third-order valence-electron chi connectivity index (χ3n) is 4.21. The van der Waals surface area contributed by atoms with Crippen molar-refractivity contribution < 1.29 is 8.78 Å². The van der Waals surface area contributed by atoms with E-state index in [9.17, 15) is 8.78 Å². The predicted molar refractivity (Wildman–Crippen MR) is 96.7 cm³/mol. The molecular weight excluding hydrogens is 330 g/mol. The lowest BCUT2D eigenvalue weighted by Crippen LogP contribution is -2.18. The number of halogens is 3. The summed E-state index contributed by atoms with van der Waals surface area (Å²) in [5.74, 6) is -2.76. The standard InChI is InChI=1S/C19H23ClF2N2/c1-5-9-19(21,22)16-12(4)10-14(23)24-18(16)15-11(3)7-8-13(6-2)17(15)20/h7-8,10H,5-6,9H2,1-4H3,(H2,23,24). The summed E-state index contributed by atoms with van der Waals surface area (Å²) in [6, 6.07) is 5.31. The Morgan fingerprint density at radius 3 is 2.42 bits per heavy atom.